The Morgan fingerprint density at radius 2 is 1.84 bits per heavy atom. The molecule has 0 aliphatic carbocycles. The Balaban J connectivity index is 0.00000341. The van der Waals surface area contributed by atoms with Gasteiger partial charge in [0.2, 0.25) is 0 Å². The summed E-state index contributed by atoms with van der Waals surface area (Å²) in [4.78, 5) is 7.41. The maximum absolute atomic E-state index is 5.24. The van der Waals surface area contributed by atoms with E-state index in [1.54, 1.807) is 7.11 Å². The fourth-order valence-corrected chi connectivity index (χ4v) is 4.07. The van der Waals surface area contributed by atoms with Crippen molar-refractivity contribution in [2.45, 2.75) is 58.5 Å². The molecule has 2 N–H and O–H groups in total. The summed E-state index contributed by atoms with van der Waals surface area (Å²) >= 11 is 0. The smallest absolute Gasteiger partial charge is 0.191 e. The molecular formula is C25H37IN4O. The number of nitrogens with one attached hydrogen (secondary N) is 2. The van der Waals surface area contributed by atoms with Crippen LogP contribution in [0.3, 0.4) is 0 Å². The van der Waals surface area contributed by atoms with Gasteiger partial charge in [-0.15, -0.1) is 24.0 Å². The number of guanidine groups is 1. The minimum Gasteiger partial charge on any atom is -0.380 e. The van der Waals surface area contributed by atoms with Crippen molar-refractivity contribution in [3.05, 3.63) is 71.3 Å². The number of nitrogens with zero attached hydrogens (tertiary/aromatic N) is 2. The van der Waals surface area contributed by atoms with Crippen LogP contribution in [0.15, 0.2) is 59.6 Å². The van der Waals surface area contributed by atoms with Gasteiger partial charge in [-0.05, 0) is 43.4 Å². The van der Waals surface area contributed by atoms with E-state index in [2.05, 4.69) is 84.0 Å². The van der Waals surface area contributed by atoms with Gasteiger partial charge in [-0.25, -0.2) is 4.99 Å². The summed E-state index contributed by atoms with van der Waals surface area (Å²) in [6.07, 6.45) is 2.26. The minimum atomic E-state index is 0. The molecule has 3 rings (SSSR count). The quantitative estimate of drug-likeness (QED) is 0.295. The molecule has 2 aromatic carbocycles. The van der Waals surface area contributed by atoms with Crippen LogP contribution in [-0.4, -0.2) is 43.1 Å². The van der Waals surface area contributed by atoms with E-state index in [4.69, 9.17) is 9.73 Å². The first-order valence-electron chi connectivity index (χ1n) is 11.1. The number of likely N-dealkylation sites (tertiary alicyclic amines) is 1. The Morgan fingerprint density at radius 3 is 2.55 bits per heavy atom. The lowest BCUT2D eigenvalue weighted by molar-refractivity contribution is 0.134. The SMILES string of the molecule is CCNC(=NCc1cccc(COC)c1)NC1CCN(Cc2ccccc2)C(C)C1.I. The molecule has 2 aromatic rings. The Hall–Kier alpha value is -1.64. The van der Waals surface area contributed by atoms with E-state index < -0.39 is 0 Å². The Kier molecular flexibility index (Phi) is 11.3. The van der Waals surface area contributed by atoms with Gasteiger partial charge in [-0.3, -0.25) is 4.90 Å². The molecule has 2 unspecified atom stereocenters. The molecule has 0 saturated carbocycles. The third kappa shape index (κ3) is 8.43. The van der Waals surface area contributed by atoms with Crippen molar-refractivity contribution in [3.8, 4) is 0 Å². The van der Waals surface area contributed by atoms with E-state index in [0.717, 1.165) is 38.4 Å². The van der Waals surface area contributed by atoms with Crippen LogP contribution in [0.2, 0.25) is 0 Å². The molecule has 1 heterocycles. The Labute approximate surface area is 204 Å². The molecule has 170 valence electrons. The van der Waals surface area contributed by atoms with Crippen molar-refractivity contribution in [1.29, 1.82) is 0 Å². The van der Waals surface area contributed by atoms with E-state index in [9.17, 15) is 0 Å². The number of halogens is 1. The van der Waals surface area contributed by atoms with E-state index in [0.29, 0.717) is 25.2 Å². The zero-order valence-electron chi connectivity index (χ0n) is 19.0. The van der Waals surface area contributed by atoms with Gasteiger partial charge in [0.15, 0.2) is 5.96 Å². The lowest BCUT2D eigenvalue weighted by atomic mass is 9.97. The third-order valence-corrected chi connectivity index (χ3v) is 5.65. The van der Waals surface area contributed by atoms with E-state index in [-0.39, 0.29) is 24.0 Å². The largest absolute Gasteiger partial charge is 0.380 e. The number of hydrogen-bond donors (Lipinski definition) is 2. The normalized spacial score (nSPS) is 19.5. The monoisotopic (exact) mass is 536 g/mol. The van der Waals surface area contributed by atoms with Crippen molar-refractivity contribution in [1.82, 2.24) is 15.5 Å². The lowest BCUT2D eigenvalue weighted by Crippen LogP contribution is -2.51. The second kappa shape index (κ2) is 13.7. The van der Waals surface area contributed by atoms with Crippen LogP contribution in [0.5, 0.6) is 0 Å². The molecule has 2 atom stereocenters. The fourth-order valence-electron chi connectivity index (χ4n) is 4.07. The molecule has 1 saturated heterocycles. The second-order valence-corrected chi connectivity index (χ2v) is 8.12. The summed E-state index contributed by atoms with van der Waals surface area (Å²) in [5.41, 5.74) is 3.77. The van der Waals surface area contributed by atoms with Gasteiger partial charge in [0, 0.05) is 38.8 Å². The lowest BCUT2D eigenvalue weighted by Gasteiger charge is -2.38. The summed E-state index contributed by atoms with van der Waals surface area (Å²) in [5, 5.41) is 7.08. The van der Waals surface area contributed by atoms with Gasteiger partial charge in [0.25, 0.3) is 0 Å². The predicted octanol–water partition coefficient (Wildman–Crippen LogP) is 4.56. The van der Waals surface area contributed by atoms with Crippen LogP contribution in [0.4, 0.5) is 0 Å². The first-order valence-corrected chi connectivity index (χ1v) is 11.1. The molecule has 0 radical (unpaired) electrons. The molecule has 1 aliphatic heterocycles. The number of benzene rings is 2. The molecule has 1 fully saturated rings. The highest BCUT2D eigenvalue weighted by Gasteiger charge is 2.25. The first-order chi connectivity index (χ1) is 14.7. The maximum Gasteiger partial charge on any atom is 0.191 e. The standard InChI is InChI=1S/C25H36N4O.HI/c1-4-26-25(27-17-22-11-8-12-23(16-22)19-30-3)28-24-13-14-29(20(2)15-24)18-21-9-6-5-7-10-21;/h5-12,16,20,24H,4,13-15,17-19H2,1-3H3,(H2,26,27,28);1H. The molecular weight excluding hydrogens is 499 g/mol. The molecule has 0 amide bonds. The molecule has 0 bridgehead atoms. The van der Waals surface area contributed by atoms with Crippen LogP contribution in [0.1, 0.15) is 43.4 Å². The third-order valence-electron chi connectivity index (χ3n) is 5.65. The Morgan fingerprint density at radius 1 is 1.10 bits per heavy atom. The topological polar surface area (TPSA) is 48.9 Å². The number of methoxy groups -OCH3 is 1. The van der Waals surface area contributed by atoms with E-state index in [1.807, 2.05) is 0 Å². The summed E-state index contributed by atoms with van der Waals surface area (Å²) < 4.78 is 5.24. The van der Waals surface area contributed by atoms with Crippen LogP contribution in [0.25, 0.3) is 0 Å². The fraction of sp³-hybridized carbons (Fsp3) is 0.480. The first kappa shape index (κ1) is 25.6. The van der Waals surface area contributed by atoms with Crippen LogP contribution < -0.4 is 10.6 Å². The van der Waals surface area contributed by atoms with Gasteiger partial charge in [0.05, 0.1) is 13.2 Å². The number of rotatable bonds is 8. The van der Waals surface area contributed by atoms with Crippen molar-refractivity contribution >= 4 is 29.9 Å². The number of ether oxygens (including phenoxy) is 1. The highest BCUT2D eigenvalue weighted by Crippen LogP contribution is 2.20. The molecule has 0 spiro atoms. The highest BCUT2D eigenvalue weighted by molar-refractivity contribution is 14.0. The zero-order chi connectivity index (χ0) is 21.2. The van der Waals surface area contributed by atoms with Crippen LogP contribution in [-0.2, 0) is 24.4 Å². The number of hydrogen-bond acceptors (Lipinski definition) is 3. The Bertz CT molecular complexity index is 799. The van der Waals surface area contributed by atoms with Crippen molar-refractivity contribution < 1.29 is 4.74 Å². The minimum absolute atomic E-state index is 0. The molecule has 31 heavy (non-hydrogen) atoms. The summed E-state index contributed by atoms with van der Waals surface area (Å²) in [6, 6.07) is 20.2. The van der Waals surface area contributed by atoms with Crippen molar-refractivity contribution in [2.24, 2.45) is 4.99 Å². The number of piperidine rings is 1. The van der Waals surface area contributed by atoms with Crippen LogP contribution >= 0.6 is 24.0 Å². The summed E-state index contributed by atoms with van der Waals surface area (Å²) in [5.74, 6) is 0.906. The highest BCUT2D eigenvalue weighted by atomic mass is 127. The average molecular weight is 537 g/mol. The maximum atomic E-state index is 5.24. The molecule has 1 aliphatic rings. The molecule has 0 aromatic heterocycles. The van der Waals surface area contributed by atoms with E-state index in [1.165, 1.54) is 16.7 Å². The second-order valence-electron chi connectivity index (χ2n) is 8.12. The van der Waals surface area contributed by atoms with E-state index >= 15 is 0 Å². The van der Waals surface area contributed by atoms with Gasteiger partial charge in [-0.1, -0.05) is 54.6 Å². The van der Waals surface area contributed by atoms with Gasteiger partial charge in [0.1, 0.15) is 0 Å². The average Bonchev–Trinajstić information content (AvgIpc) is 2.75. The molecule has 5 nitrogen and oxygen atoms in total. The van der Waals surface area contributed by atoms with Crippen LogP contribution in [0, 0.1) is 0 Å². The van der Waals surface area contributed by atoms with Gasteiger partial charge >= 0.3 is 0 Å². The summed E-state index contributed by atoms with van der Waals surface area (Å²) in [7, 11) is 1.73. The number of aliphatic imine (C=N–C) groups is 1. The zero-order valence-corrected chi connectivity index (χ0v) is 21.3. The summed E-state index contributed by atoms with van der Waals surface area (Å²) in [6.45, 7) is 8.74. The van der Waals surface area contributed by atoms with Gasteiger partial charge < -0.3 is 15.4 Å². The predicted molar refractivity (Wildman–Crippen MR) is 140 cm³/mol. The van der Waals surface area contributed by atoms with Crippen molar-refractivity contribution in [2.75, 3.05) is 20.2 Å². The molecule has 6 heteroatoms. The van der Waals surface area contributed by atoms with Gasteiger partial charge in [-0.2, -0.15) is 0 Å². The van der Waals surface area contributed by atoms with Crippen molar-refractivity contribution in [3.63, 3.8) is 0 Å².